The van der Waals surface area contributed by atoms with Crippen LogP contribution in [0.15, 0.2) is 30.3 Å². The first-order valence-electron chi connectivity index (χ1n) is 8.12. The minimum Gasteiger partial charge on any atom is -0.481 e. The van der Waals surface area contributed by atoms with E-state index < -0.39 is 11.9 Å². The number of aliphatic carboxylic acids is 1. The summed E-state index contributed by atoms with van der Waals surface area (Å²) in [7, 11) is 0. The van der Waals surface area contributed by atoms with Crippen LogP contribution in [-0.4, -0.2) is 23.5 Å². The number of carboxylic acid groups (broad SMARTS) is 1. The summed E-state index contributed by atoms with van der Waals surface area (Å²) in [6.07, 6.45) is 5.30. The molecule has 2 rings (SSSR count). The topological polar surface area (TPSA) is 66.4 Å². The van der Waals surface area contributed by atoms with E-state index in [1.807, 2.05) is 37.3 Å². The molecule has 1 aromatic rings. The van der Waals surface area contributed by atoms with Crippen LogP contribution in [0.1, 0.15) is 44.6 Å². The molecule has 0 saturated heterocycles. The summed E-state index contributed by atoms with van der Waals surface area (Å²) in [6.45, 7) is 2.24. The third kappa shape index (κ3) is 3.87. The van der Waals surface area contributed by atoms with Gasteiger partial charge < -0.3 is 10.4 Å². The van der Waals surface area contributed by atoms with Crippen molar-refractivity contribution in [3.05, 3.63) is 35.9 Å². The van der Waals surface area contributed by atoms with Crippen LogP contribution in [-0.2, 0) is 16.0 Å². The number of rotatable bonds is 7. The van der Waals surface area contributed by atoms with Crippen LogP contribution in [0.3, 0.4) is 0 Å². The summed E-state index contributed by atoms with van der Waals surface area (Å²) < 4.78 is 0. The molecule has 4 heteroatoms. The minimum atomic E-state index is -0.860. The maximum Gasteiger partial charge on any atom is 0.308 e. The average Bonchev–Trinajstić information content (AvgIpc) is 3.02. The Kier molecular flexibility index (Phi) is 5.58. The molecule has 4 nitrogen and oxygen atoms in total. The zero-order valence-corrected chi connectivity index (χ0v) is 13.2. The fourth-order valence-corrected chi connectivity index (χ4v) is 3.34. The lowest BCUT2D eigenvalue weighted by Gasteiger charge is -2.27. The average molecular weight is 303 g/mol. The van der Waals surface area contributed by atoms with Crippen LogP contribution in [0.2, 0.25) is 0 Å². The molecule has 0 bridgehead atoms. The molecule has 1 aliphatic rings. The van der Waals surface area contributed by atoms with E-state index in [0.29, 0.717) is 6.42 Å². The first-order chi connectivity index (χ1) is 10.6. The maximum atomic E-state index is 12.5. The van der Waals surface area contributed by atoms with Crippen molar-refractivity contribution in [3.63, 3.8) is 0 Å². The van der Waals surface area contributed by atoms with Crippen LogP contribution in [0.4, 0.5) is 0 Å². The predicted molar refractivity (Wildman–Crippen MR) is 85.5 cm³/mol. The molecule has 2 N–H and O–H groups in total. The van der Waals surface area contributed by atoms with Crippen LogP contribution in [0.5, 0.6) is 0 Å². The van der Waals surface area contributed by atoms with Gasteiger partial charge in [-0.2, -0.15) is 0 Å². The lowest BCUT2D eigenvalue weighted by molar-refractivity contribution is -0.142. The van der Waals surface area contributed by atoms with E-state index >= 15 is 0 Å². The molecular formula is C18H25NO3. The Hall–Kier alpha value is -1.84. The first-order valence-corrected chi connectivity index (χ1v) is 8.12. The van der Waals surface area contributed by atoms with Gasteiger partial charge in [-0.25, -0.2) is 0 Å². The van der Waals surface area contributed by atoms with Gasteiger partial charge in [-0.1, -0.05) is 50.1 Å². The number of hydrogen-bond donors (Lipinski definition) is 2. The predicted octanol–water partition coefficient (Wildman–Crippen LogP) is 3.02. The zero-order chi connectivity index (χ0) is 16.0. The van der Waals surface area contributed by atoms with E-state index in [1.165, 1.54) is 0 Å². The fourth-order valence-electron chi connectivity index (χ4n) is 3.34. The van der Waals surface area contributed by atoms with Gasteiger partial charge in [-0.05, 0) is 31.2 Å². The number of carbonyl (C=O) groups is 2. The lowest BCUT2D eigenvalue weighted by Crippen LogP contribution is -2.42. The van der Waals surface area contributed by atoms with Crippen molar-refractivity contribution in [2.45, 2.75) is 45.4 Å². The van der Waals surface area contributed by atoms with Gasteiger partial charge >= 0.3 is 5.97 Å². The Balaban J connectivity index is 1.94. The number of amides is 1. The second-order valence-corrected chi connectivity index (χ2v) is 6.28. The SMILES string of the molecule is CCC1(C(=O)NCC(Cc2ccccc2)C(=O)O)CCCC1. The highest BCUT2D eigenvalue weighted by Crippen LogP contribution is 2.41. The third-order valence-corrected chi connectivity index (χ3v) is 4.90. The van der Waals surface area contributed by atoms with Crippen molar-refractivity contribution in [1.82, 2.24) is 5.32 Å². The number of benzene rings is 1. The molecule has 22 heavy (non-hydrogen) atoms. The van der Waals surface area contributed by atoms with Crippen molar-refractivity contribution in [1.29, 1.82) is 0 Å². The standard InChI is InChI=1S/C18H25NO3/c1-2-18(10-6-7-11-18)17(22)19-13-15(16(20)21)12-14-8-4-3-5-9-14/h3-5,8-9,15H,2,6-7,10-13H2,1H3,(H,19,22)(H,20,21). The van der Waals surface area contributed by atoms with Gasteiger partial charge in [0.15, 0.2) is 0 Å². The molecule has 1 saturated carbocycles. The third-order valence-electron chi connectivity index (χ3n) is 4.90. The highest BCUT2D eigenvalue weighted by atomic mass is 16.4. The molecule has 0 aliphatic heterocycles. The Morgan fingerprint density at radius 3 is 2.41 bits per heavy atom. The molecule has 0 aromatic heterocycles. The number of carboxylic acids is 1. The summed E-state index contributed by atoms with van der Waals surface area (Å²) >= 11 is 0. The van der Waals surface area contributed by atoms with Crippen molar-refractivity contribution in [3.8, 4) is 0 Å². The van der Waals surface area contributed by atoms with Gasteiger partial charge in [0.05, 0.1) is 5.92 Å². The van der Waals surface area contributed by atoms with Gasteiger partial charge in [-0.3, -0.25) is 9.59 Å². The molecule has 1 atom stereocenters. The van der Waals surface area contributed by atoms with Crippen LogP contribution >= 0.6 is 0 Å². The van der Waals surface area contributed by atoms with Crippen molar-refractivity contribution in [2.75, 3.05) is 6.54 Å². The van der Waals surface area contributed by atoms with E-state index in [2.05, 4.69) is 5.32 Å². The van der Waals surface area contributed by atoms with E-state index in [4.69, 9.17) is 0 Å². The monoisotopic (exact) mass is 303 g/mol. The van der Waals surface area contributed by atoms with Crippen molar-refractivity contribution >= 4 is 11.9 Å². The Morgan fingerprint density at radius 1 is 1.23 bits per heavy atom. The first kappa shape index (κ1) is 16.5. The van der Waals surface area contributed by atoms with Crippen LogP contribution in [0, 0.1) is 11.3 Å². The minimum absolute atomic E-state index is 0.0341. The Labute approximate surface area is 131 Å². The van der Waals surface area contributed by atoms with E-state index in [9.17, 15) is 14.7 Å². The molecule has 0 spiro atoms. The van der Waals surface area contributed by atoms with Gasteiger partial charge in [0.1, 0.15) is 0 Å². The molecule has 1 aromatic carbocycles. The molecule has 0 heterocycles. The molecule has 1 fully saturated rings. The highest BCUT2D eigenvalue weighted by Gasteiger charge is 2.39. The molecule has 1 amide bonds. The van der Waals surface area contributed by atoms with Gasteiger partial charge in [0.25, 0.3) is 0 Å². The molecule has 0 radical (unpaired) electrons. The van der Waals surface area contributed by atoms with E-state index in [0.717, 1.165) is 37.7 Å². The molecule has 1 aliphatic carbocycles. The Bertz CT molecular complexity index is 506. The zero-order valence-electron chi connectivity index (χ0n) is 13.2. The number of nitrogens with one attached hydrogen (secondary N) is 1. The summed E-state index contributed by atoms with van der Waals surface area (Å²) in [5.41, 5.74) is 0.714. The molecular weight excluding hydrogens is 278 g/mol. The van der Waals surface area contributed by atoms with E-state index in [-0.39, 0.29) is 17.9 Å². The quantitative estimate of drug-likeness (QED) is 0.813. The second kappa shape index (κ2) is 7.43. The Morgan fingerprint density at radius 2 is 1.86 bits per heavy atom. The van der Waals surface area contributed by atoms with Crippen molar-refractivity contribution in [2.24, 2.45) is 11.3 Å². The summed E-state index contributed by atoms with van der Waals surface area (Å²) in [6, 6.07) is 9.55. The summed E-state index contributed by atoms with van der Waals surface area (Å²) in [4.78, 5) is 23.9. The van der Waals surface area contributed by atoms with E-state index in [1.54, 1.807) is 0 Å². The van der Waals surface area contributed by atoms with Gasteiger partial charge in [-0.15, -0.1) is 0 Å². The normalized spacial score (nSPS) is 17.9. The van der Waals surface area contributed by atoms with Gasteiger partial charge in [0, 0.05) is 12.0 Å². The van der Waals surface area contributed by atoms with Crippen molar-refractivity contribution < 1.29 is 14.7 Å². The molecule has 120 valence electrons. The van der Waals surface area contributed by atoms with Crippen LogP contribution < -0.4 is 5.32 Å². The fraction of sp³-hybridized carbons (Fsp3) is 0.556. The molecule has 1 unspecified atom stereocenters. The van der Waals surface area contributed by atoms with Crippen LogP contribution in [0.25, 0.3) is 0 Å². The number of hydrogen-bond acceptors (Lipinski definition) is 2. The highest BCUT2D eigenvalue weighted by molar-refractivity contribution is 5.83. The largest absolute Gasteiger partial charge is 0.481 e. The smallest absolute Gasteiger partial charge is 0.308 e. The number of carbonyl (C=O) groups excluding carboxylic acids is 1. The lowest BCUT2D eigenvalue weighted by atomic mass is 9.82. The van der Waals surface area contributed by atoms with Gasteiger partial charge in [0.2, 0.25) is 5.91 Å². The maximum absolute atomic E-state index is 12.5. The summed E-state index contributed by atoms with van der Waals surface area (Å²) in [5.74, 6) is -1.41. The second-order valence-electron chi connectivity index (χ2n) is 6.28. The summed E-state index contributed by atoms with van der Waals surface area (Å²) in [5, 5.41) is 12.3.